The van der Waals surface area contributed by atoms with E-state index in [1.165, 1.54) is 12.4 Å². The van der Waals surface area contributed by atoms with Gasteiger partial charge in [-0.2, -0.15) is 0 Å². The fourth-order valence-electron chi connectivity index (χ4n) is 1.55. The van der Waals surface area contributed by atoms with Crippen LogP contribution in [0, 0.1) is 13.8 Å². The summed E-state index contributed by atoms with van der Waals surface area (Å²) in [5.74, 6) is -0.526. The van der Waals surface area contributed by atoms with Crippen molar-refractivity contribution < 1.29 is 9.90 Å². The molecular formula is C12H11N3O2. The first kappa shape index (κ1) is 11.2. The van der Waals surface area contributed by atoms with Gasteiger partial charge in [0.25, 0.3) is 0 Å². The van der Waals surface area contributed by atoms with Crippen molar-refractivity contribution in [3.8, 4) is 11.4 Å². The Morgan fingerprint density at radius 2 is 1.65 bits per heavy atom. The van der Waals surface area contributed by atoms with Crippen LogP contribution in [0.4, 0.5) is 0 Å². The molecule has 0 fully saturated rings. The molecule has 1 N–H and O–H groups in total. The van der Waals surface area contributed by atoms with Crippen LogP contribution in [0.3, 0.4) is 0 Å². The van der Waals surface area contributed by atoms with Crippen LogP contribution in [0.15, 0.2) is 24.5 Å². The van der Waals surface area contributed by atoms with Gasteiger partial charge in [0, 0.05) is 29.3 Å². The van der Waals surface area contributed by atoms with E-state index in [1.54, 1.807) is 0 Å². The fraction of sp³-hybridized carbons (Fsp3) is 0.167. The molecule has 0 atom stereocenters. The average Bonchev–Trinajstić information content (AvgIpc) is 2.28. The number of aromatic nitrogens is 3. The van der Waals surface area contributed by atoms with Gasteiger partial charge >= 0.3 is 5.97 Å². The molecule has 0 radical (unpaired) electrons. The monoisotopic (exact) mass is 229 g/mol. The van der Waals surface area contributed by atoms with Gasteiger partial charge in [-0.25, -0.2) is 14.8 Å². The van der Waals surface area contributed by atoms with Crippen LogP contribution in [0.2, 0.25) is 0 Å². The van der Waals surface area contributed by atoms with Crippen LogP contribution in [0.25, 0.3) is 11.4 Å². The summed E-state index contributed by atoms with van der Waals surface area (Å²) in [6.45, 7) is 3.78. The molecule has 0 aliphatic rings. The summed E-state index contributed by atoms with van der Waals surface area (Å²) in [6.07, 6.45) is 2.60. The standard InChI is InChI=1S/C12H11N3O2/c1-7-3-9(4-8(2)15-7)11-13-5-10(6-14-11)12(16)17/h3-6H,1-2H3,(H,16,17). The summed E-state index contributed by atoms with van der Waals surface area (Å²) in [5, 5.41) is 8.74. The van der Waals surface area contributed by atoms with Gasteiger partial charge < -0.3 is 5.11 Å². The second-order valence-electron chi connectivity index (χ2n) is 3.74. The predicted molar refractivity (Wildman–Crippen MR) is 61.7 cm³/mol. The number of rotatable bonds is 2. The topological polar surface area (TPSA) is 76.0 Å². The first-order chi connectivity index (χ1) is 8.06. The van der Waals surface area contributed by atoms with Crippen LogP contribution in [-0.4, -0.2) is 26.0 Å². The van der Waals surface area contributed by atoms with Crippen LogP contribution >= 0.6 is 0 Å². The molecule has 5 nitrogen and oxygen atoms in total. The van der Waals surface area contributed by atoms with Crippen molar-refractivity contribution in [2.24, 2.45) is 0 Å². The number of aryl methyl sites for hydroxylation is 2. The molecule has 86 valence electrons. The zero-order valence-corrected chi connectivity index (χ0v) is 9.51. The third-order valence-electron chi connectivity index (χ3n) is 2.24. The van der Waals surface area contributed by atoms with Crippen LogP contribution in [0.5, 0.6) is 0 Å². The zero-order chi connectivity index (χ0) is 12.4. The number of hydrogen-bond donors (Lipinski definition) is 1. The van der Waals surface area contributed by atoms with Gasteiger partial charge in [-0.1, -0.05) is 0 Å². The highest BCUT2D eigenvalue weighted by Crippen LogP contribution is 2.16. The second kappa shape index (κ2) is 4.29. The van der Waals surface area contributed by atoms with Crippen molar-refractivity contribution in [1.82, 2.24) is 15.0 Å². The Bertz CT molecular complexity index is 544. The summed E-state index contributed by atoms with van der Waals surface area (Å²) < 4.78 is 0. The Balaban J connectivity index is 2.43. The minimum absolute atomic E-state index is 0.0799. The van der Waals surface area contributed by atoms with Crippen molar-refractivity contribution >= 4 is 5.97 Å². The minimum atomic E-state index is -1.03. The summed E-state index contributed by atoms with van der Waals surface area (Å²) >= 11 is 0. The Labute approximate surface area is 98.2 Å². The molecule has 0 aliphatic heterocycles. The second-order valence-corrected chi connectivity index (χ2v) is 3.74. The molecule has 0 amide bonds. The molecule has 0 aliphatic carbocycles. The Morgan fingerprint density at radius 3 is 2.12 bits per heavy atom. The molecule has 0 spiro atoms. The maximum atomic E-state index is 10.7. The van der Waals surface area contributed by atoms with Crippen LogP contribution in [-0.2, 0) is 0 Å². The maximum Gasteiger partial charge on any atom is 0.338 e. The van der Waals surface area contributed by atoms with Gasteiger partial charge in [0.15, 0.2) is 5.82 Å². The van der Waals surface area contributed by atoms with Crippen molar-refractivity contribution in [2.75, 3.05) is 0 Å². The molecule has 17 heavy (non-hydrogen) atoms. The first-order valence-corrected chi connectivity index (χ1v) is 5.07. The van der Waals surface area contributed by atoms with E-state index in [0.717, 1.165) is 17.0 Å². The van der Waals surface area contributed by atoms with E-state index < -0.39 is 5.97 Å². The number of aromatic carboxylic acids is 1. The van der Waals surface area contributed by atoms with E-state index in [1.807, 2.05) is 26.0 Å². The highest BCUT2D eigenvalue weighted by atomic mass is 16.4. The van der Waals surface area contributed by atoms with Gasteiger partial charge in [0.1, 0.15) is 0 Å². The molecule has 5 heteroatoms. The van der Waals surface area contributed by atoms with Gasteiger partial charge in [-0.15, -0.1) is 0 Å². The van der Waals surface area contributed by atoms with Gasteiger partial charge in [0.2, 0.25) is 0 Å². The van der Waals surface area contributed by atoms with E-state index in [0.29, 0.717) is 5.82 Å². The molecule has 0 aromatic carbocycles. The Morgan fingerprint density at radius 1 is 1.12 bits per heavy atom. The highest BCUT2D eigenvalue weighted by molar-refractivity contribution is 5.86. The molecule has 0 saturated heterocycles. The molecule has 0 saturated carbocycles. The number of hydrogen-bond acceptors (Lipinski definition) is 4. The SMILES string of the molecule is Cc1cc(-c2ncc(C(=O)O)cn2)cc(C)n1. The molecule has 2 aromatic heterocycles. The van der Waals surface area contributed by atoms with Gasteiger partial charge in [-0.05, 0) is 26.0 Å². The third kappa shape index (κ3) is 2.44. The maximum absolute atomic E-state index is 10.7. The molecule has 2 rings (SSSR count). The number of carbonyl (C=O) groups is 1. The number of nitrogens with zero attached hydrogens (tertiary/aromatic N) is 3. The summed E-state index contributed by atoms with van der Waals surface area (Å²) in [6, 6.07) is 3.73. The van der Waals surface area contributed by atoms with Crippen molar-refractivity contribution in [2.45, 2.75) is 13.8 Å². The van der Waals surface area contributed by atoms with Gasteiger partial charge in [0.05, 0.1) is 5.56 Å². The van der Waals surface area contributed by atoms with Crippen molar-refractivity contribution in [3.05, 3.63) is 41.5 Å². The smallest absolute Gasteiger partial charge is 0.338 e. The van der Waals surface area contributed by atoms with Crippen LogP contribution < -0.4 is 0 Å². The van der Waals surface area contributed by atoms with Gasteiger partial charge in [-0.3, -0.25) is 4.98 Å². The number of pyridine rings is 1. The highest BCUT2D eigenvalue weighted by Gasteiger charge is 2.06. The van der Waals surface area contributed by atoms with Crippen molar-refractivity contribution in [1.29, 1.82) is 0 Å². The zero-order valence-electron chi connectivity index (χ0n) is 9.51. The Kier molecular flexibility index (Phi) is 2.82. The van der Waals surface area contributed by atoms with E-state index in [9.17, 15) is 4.79 Å². The molecular weight excluding hydrogens is 218 g/mol. The van der Waals surface area contributed by atoms with Crippen LogP contribution in [0.1, 0.15) is 21.7 Å². The fourth-order valence-corrected chi connectivity index (χ4v) is 1.55. The average molecular weight is 229 g/mol. The molecule has 2 aromatic rings. The third-order valence-corrected chi connectivity index (χ3v) is 2.24. The summed E-state index contributed by atoms with van der Waals surface area (Å²) in [4.78, 5) is 23.0. The van der Waals surface area contributed by atoms with Crippen molar-refractivity contribution in [3.63, 3.8) is 0 Å². The lowest BCUT2D eigenvalue weighted by atomic mass is 10.2. The minimum Gasteiger partial charge on any atom is -0.478 e. The summed E-state index contributed by atoms with van der Waals surface area (Å²) in [7, 11) is 0. The lowest BCUT2D eigenvalue weighted by Gasteiger charge is -2.03. The number of carboxylic acids is 1. The Hall–Kier alpha value is -2.30. The quantitative estimate of drug-likeness (QED) is 0.850. The molecule has 0 unspecified atom stereocenters. The lowest BCUT2D eigenvalue weighted by molar-refractivity contribution is 0.0696. The largest absolute Gasteiger partial charge is 0.478 e. The number of carboxylic acid groups (broad SMARTS) is 1. The first-order valence-electron chi connectivity index (χ1n) is 5.07. The molecule has 2 heterocycles. The lowest BCUT2D eigenvalue weighted by Crippen LogP contribution is -2.00. The van der Waals surface area contributed by atoms with E-state index in [-0.39, 0.29) is 5.56 Å². The van der Waals surface area contributed by atoms with E-state index in [4.69, 9.17) is 5.11 Å². The van der Waals surface area contributed by atoms with E-state index >= 15 is 0 Å². The normalized spacial score (nSPS) is 10.2. The molecule has 0 bridgehead atoms. The summed E-state index contributed by atoms with van der Waals surface area (Å²) in [5.41, 5.74) is 2.68. The predicted octanol–water partition coefficient (Wildman–Crippen LogP) is 1.85. The van der Waals surface area contributed by atoms with E-state index in [2.05, 4.69) is 15.0 Å².